The van der Waals surface area contributed by atoms with Crippen molar-refractivity contribution in [2.45, 2.75) is 6.92 Å². The van der Waals surface area contributed by atoms with Crippen molar-refractivity contribution in [2.75, 3.05) is 0 Å². The Hall–Kier alpha value is -2.03. The molecule has 15 heavy (non-hydrogen) atoms. The Bertz CT molecular complexity index is 470. The van der Waals surface area contributed by atoms with E-state index in [0.29, 0.717) is 16.9 Å². The third-order valence-electron chi connectivity index (χ3n) is 2.10. The number of allylic oxidation sites excluding steroid dienone is 1. The third-order valence-corrected chi connectivity index (χ3v) is 2.10. The highest BCUT2D eigenvalue weighted by atomic mass is 16.5. The van der Waals surface area contributed by atoms with Crippen LogP contribution in [-0.4, -0.2) is 11.1 Å². The van der Waals surface area contributed by atoms with Crippen molar-refractivity contribution >= 4 is 12.0 Å². The second-order valence-corrected chi connectivity index (χ2v) is 3.30. The molecule has 1 heterocycles. The minimum absolute atomic E-state index is 0.149. The maximum Gasteiger partial charge on any atom is 0.343 e. The first kappa shape index (κ1) is 9.52. The molecule has 3 heteroatoms. The normalized spacial score (nSPS) is 17.8. The van der Waals surface area contributed by atoms with Gasteiger partial charge in [-0.25, -0.2) is 4.79 Å². The van der Waals surface area contributed by atoms with E-state index in [2.05, 4.69) is 0 Å². The van der Waals surface area contributed by atoms with Crippen molar-refractivity contribution in [3.05, 3.63) is 47.2 Å². The van der Waals surface area contributed by atoms with Crippen LogP contribution < -0.4 is 0 Å². The molecule has 0 radical (unpaired) electrons. The minimum atomic E-state index is -0.379. The van der Waals surface area contributed by atoms with E-state index in [4.69, 9.17) is 4.74 Å². The van der Waals surface area contributed by atoms with E-state index in [1.807, 2.05) is 0 Å². The fraction of sp³-hybridized carbons (Fsp3) is 0.0833. The first-order valence-electron chi connectivity index (χ1n) is 4.57. The number of carbonyl (C=O) groups excluding carboxylic acids is 1. The van der Waals surface area contributed by atoms with Gasteiger partial charge in [-0.2, -0.15) is 0 Å². The van der Waals surface area contributed by atoms with Gasteiger partial charge in [0.15, 0.2) is 0 Å². The highest BCUT2D eigenvalue weighted by Gasteiger charge is 2.17. The molecule has 76 valence electrons. The number of esters is 1. The van der Waals surface area contributed by atoms with Crippen LogP contribution in [0.4, 0.5) is 0 Å². The van der Waals surface area contributed by atoms with E-state index < -0.39 is 0 Å². The second kappa shape index (κ2) is 3.61. The monoisotopic (exact) mass is 202 g/mol. The van der Waals surface area contributed by atoms with Crippen molar-refractivity contribution in [3.8, 4) is 5.75 Å². The van der Waals surface area contributed by atoms with Crippen LogP contribution in [0.15, 0.2) is 41.7 Å². The number of phenolic OH excluding ortho intramolecular Hbond substituents is 1. The van der Waals surface area contributed by atoms with Gasteiger partial charge in [0.05, 0.1) is 5.57 Å². The molecule has 0 saturated heterocycles. The van der Waals surface area contributed by atoms with Crippen LogP contribution in [0.25, 0.3) is 6.08 Å². The summed E-state index contributed by atoms with van der Waals surface area (Å²) < 4.78 is 4.86. The largest absolute Gasteiger partial charge is 0.507 e. The fourth-order valence-electron chi connectivity index (χ4n) is 1.39. The highest BCUT2D eigenvalue weighted by Crippen LogP contribution is 2.23. The van der Waals surface area contributed by atoms with Crippen LogP contribution in [0.5, 0.6) is 5.75 Å². The van der Waals surface area contributed by atoms with Crippen LogP contribution in [0.3, 0.4) is 0 Å². The minimum Gasteiger partial charge on any atom is -0.507 e. The lowest BCUT2D eigenvalue weighted by Gasteiger charge is -1.98. The molecule has 0 unspecified atom stereocenters. The van der Waals surface area contributed by atoms with Crippen LogP contribution in [-0.2, 0) is 9.53 Å². The number of benzene rings is 1. The standard InChI is InChI=1S/C12H10O3/c1-8-6-10(12(14)15-8)7-9-4-2-3-5-11(9)13/h2-7,13H,1H3/b10-7+. The number of ether oxygens (including phenoxy) is 1. The number of hydrogen-bond acceptors (Lipinski definition) is 3. The van der Waals surface area contributed by atoms with E-state index in [1.165, 1.54) is 0 Å². The van der Waals surface area contributed by atoms with E-state index in [0.717, 1.165) is 0 Å². The molecule has 0 fully saturated rings. The Labute approximate surface area is 87.3 Å². The Morgan fingerprint density at radius 3 is 2.67 bits per heavy atom. The summed E-state index contributed by atoms with van der Waals surface area (Å²) >= 11 is 0. The first-order chi connectivity index (χ1) is 7.16. The molecule has 0 aromatic heterocycles. The summed E-state index contributed by atoms with van der Waals surface area (Å²) in [5.74, 6) is 0.341. The van der Waals surface area contributed by atoms with E-state index in [1.54, 1.807) is 43.3 Å². The second-order valence-electron chi connectivity index (χ2n) is 3.30. The lowest BCUT2D eigenvalue weighted by atomic mass is 10.1. The van der Waals surface area contributed by atoms with Crippen LogP contribution in [0.1, 0.15) is 12.5 Å². The van der Waals surface area contributed by atoms with Gasteiger partial charge in [0, 0.05) is 5.56 Å². The van der Waals surface area contributed by atoms with Crippen molar-refractivity contribution < 1.29 is 14.6 Å². The average molecular weight is 202 g/mol. The highest BCUT2D eigenvalue weighted by molar-refractivity contribution is 5.99. The molecule has 1 aliphatic rings. The maximum atomic E-state index is 11.3. The number of aromatic hydroxyl groups is 1. The quantitative estimate of drug-likeness (QED) is 0.561. The molecule has 1 N–H and O–H groups in total. The molecular formula is C12H10O3. The summed E-state index contributed by atoms with van der Waals surface area (Å²) in [5, 5.41) is 9.51. The van der Waals surface area contributed by atoms with E-state index >= 15 is 0 Å². The van der Waals surface area contributed by atoms with Crippen molar-refractivity contribution in [1.82, 2.24) is 0 Å². The fourth-order valence-corrected chi connectivity index (χ4v) is 1.39. The van der Waals surface area contributed by atoms with E-state index in [9.17, 15) is 9.90 Å². The molecule has 3 nitrogen and oxygen atoms in total. The van der Waals surface area contributed by atoms with Crippen LogP contribution in [0, 0.1) is 0 Å². The Balaban J connectivity index is 2.39. The topological polar surface area (TPSA) is 46.5 Å². The zero-order valence-electron chi connectivity index (χ0n) is 8.23. The van der Waals surface area contributed by atoms with Gasteiger partial charge < -0.3 is 9.84 Å². The summed E-state index contributed by atoms with van der Waals surface area (Å²) in [6, 6.07) is 6.83. The SMILES string of the molecule is CC1=C/C(=C\c2ccccc2O)C(=O)O1. The lowest BCUT2D eigenvalue weighted by molar-refractivity contribution is -0.133. The number of rotatable bonds is 1. The summed E-state index contributed by atoms with van der Waals surface area (Å²) in [6.45, 7) is 1.71. The zero-order chi connectivity index (χ0) is 10.8. The van der Waals surface area contributed by atoms with E-state index in [-0.39, 0.29) is 11.7 Å². The van der Waals surface area contributed by atoms with Crippen molar-refractivity contribution in [1.29, 1.82) is 0 Å². The third kappa shape index (κ3) is 1.91. The van der Waals surface area contributed by atoms with Gasteiger partial charge >= 0.3 is 5.97 Å². The Morgan fingerprint density at radius 1 is 1.33 bits per heavy atom. The molecular weight excluding hydrogens is 192 g/mol. The van der Waals surface area contributed by atoms with Crippen LogP contribution in [0.2, 0.25) is 0 Å². The predicted molar refractivity (Wildman–Crippen MR) is 55.9 cm³/mol. The maximum absolute atomic E-state index is 11.3. The van der Waals surface area contributed by atoms with Gasteiger partial charge in [-0.15, -0.1) is 0 Å². The zero-order valence-corrected chi connectivity index (χ0v) is 8.23. The van der Waals surface area contributed by atoms with Gasteiger partial charge in [0.1, 0.15) is 11.5 Å². The predicted octanol–water partition coefficient (Wildman–Crippen LogP) is 2.24. The molecule has 1 aromatic carbocycles. The van der Waals surface area contributed by atoms with Gasteiger partial charge in [-0.3, -0.25) is 0 Å². The van der Waals surface area contributed by atoms with Gasteiger partial charge in [0.2, 0.25) is 0 Å². The van der Waals surface area contributed by atoms with Crippen LogP contribution >= 0.6 is 0 Å². The molecule has 1 aliphatic heterocycles. The molecule has 0 spiro atoms. The molecule has 0 saturated carbocycles. The van der Waals surface area contributed by atoms with Gasteiger partial charge in [0.25, 0.3) is 0 Å². The summed E-state index contributed by atoms with van der Waals surface area (Å²) in [4.78, 5) is 11.3. The van der Waals surface area contributed by atoms with Crippen molar-refractivity contribution in [2.24, 2.45) is 0 Å². The van der Waals surface area contributed by atoms with Gasteiger partial charge in [-0.1, -0.05) is 18.2 Å². The summed E-state index contributed by atoms with van der Waals surface area (Å²) in [7, 11) is 0. The molecule has 0 amide bonds. The first-order valence-corrected chi connectivity index (χ1v) is 4.57. The van der Waals surface area contributed by atoms with Crippen molar-refractivity contribution in [3.63, 3.8) is 0 Å². The van der Waals surface area contributed by atoms with Gasteiger partial charge in [-0.05, 0) is 25.1 Å². The number of para-hydroxylation sites is 1. The molecule has 2 rings (SSSR count). The smallest absolute Gasteiger partial charge is 0.343 e. The Morgan fingerprint density at radius 2 is 2.07 bits per heavy atom. The summed E-state index contributed by atoms with van der Waals surface area (Å²) in [6.07, 6.45) is 3.25. The molecule has 1 aromatic rings. The lowest BCUT2D eigenvalue weighted by Crippen LogP contribution is -1.96. The average Bonchev–Trinajstić information content (AvgIpc) is 2.49. The molecule has 0 atom stereocenters. The number of cyclic esters (lactones) is 1. The Kier molecular flexibility index (Phi) is 2.29. The summed E-state index contributed by atoms with van der Waals surface area (Å²) in [5.41, 5.74) is 1.06. The number of hydrogen-bond donors (Lipinski definition) is 1. The molecule has 0 aliphatic carbocycles. The number of phenols is 1. The molecule has 0 bridgehead atoms. The number of carbonyl (C=O) groups is 1.